The van der Waals surface area contributed by atoms with E-state index in [1.807, 2.05) is 50.2 Å². The molecule has 4 rings (SSSR count). The van der Waals surface area contributed by atoms with Crippen LogP contribution in [0, 0.1) is 13.8 Å². The number of nitrogen functional groups attached to an aromatic ring is 1. The van der Waals surface area contributed by atoms with Crippen LogP contribution in [-0.4, -0.2) is 25.8 Å². The first-order chi connectivity index (χ1) is 13.0. The summed E-state index contributed by atoms with van der Waals surface area (Å²) >= 11 is 0. The molecule has 0 fully saturated rings. The van der Waals surface area contributed by atoms with Crippen molar-refractivity contribution in [1.82, 2.24) is 19.9 Å². The second-order valence-corrected chi connectivity index (χ2v) is 6.43. The Labute approximate surface area is 155 Å². The molecule has 136 valence electrons. The lowest BCUT2D eigenvalue weighted by molar-refractivity contribution is -0.116. The number of nitrogens with one attached hydrogen (secondary N) is 1. The quantitative estimate of drug-likeness (QED) is 0.577. The molecule has 0 atom stereocenters. The average Bonchev–Trinajstić information content (AvgIpc) is 3.17. The Morgan fingerprint density at radius 3 is 2.59 bits per heavy atom. The van der Waals surface area contributed by atoms with Crippen LogP contribution >= 0.6 is 0 Å². The van der Waals surface area contributed by atoms with Crippen molar-refractivity contribution in [3.05, 3.63) is 53.6 Å². The molecule has 27 heavy (non-hydrogen) atoms. The molecular weight excluding hydrogens is 344 g/mol. The first-order valence-electron chi connectivity index (χ1n) is 8.43. The van der Waals surface area contributed by atoms with E-state index in [4.69, 9.17) is 10.4 Å². The Bertz CT molecular complexity index is 1120. The second-order valence-electron chi connectivity index (χ2n) is 6.43. The number of amides is 1. The fraction of sp³-hybridized carbons (Fsp3) is 0.158. The molecule has 3 N–H and O–H groups in total. The minimum atomic E-state index is -0.181. The molecule has 0 aliphatic heterocycles. The van der Waals surface area contributed by atoms with Crippen LogP contribution in [0.25, 0.3) is 22.6 Å². The van der Waals surface area contributed by atoms with E-state index < -0.39 is 0 Å². The number of aryl methyl sites for hydroxylation is 2. The maximum absolute atomic E-state index is 12.7. The number of hydrogen-bond donors (Lipinski definition) is 2. The molecule has 4 aromatic rings. The number of fused-ring (bicyclic) bond motifs is 1. The van der Waals surface area contributed by atoms with E-state index in [9.17, 15) is 4.79 Å². The molecule has 1 amide bonds. The topological polar surface area (TPSA) is 112 Å². The van der Waals surface area contributed by atoms with Gasteiger partial charge in [0.05, 0.1) is 11.0 Å². The molecule has 0 aliphatic carbocycles. The lowest BCUT2D eigenvalue weighted by Gasteiger charge is -2.10. The van der Waals surface area contributed by atoms with E-state index in [0.29, 0.717) is 11.5 Å². The molecule has 0 radical (unpaired) electrons. The van der Waals surface area contributed by atoms with Crippen LogP contribution in [0.2, 0.25) is 0 Å². The molecule has 0 bridgehead atoms. The van der Waals surface area contributed by atoms with E-state index in [1.165, 1.54) is 0 Å². The molecule has 2 aromatic carbocycles. The summed E-state index contributed by atoms with van der Waals surface area (Å²) in [5.74, 6) is 0.381. The van der Waals surface area contributed by atoms with Gasteiger partial charge < -0.3 is 15.6 Å². The fourth-order valence-electron chi connectivity index (χ4n) is 3.16. The standard InChI is InChI=1S/C19H18N6O2/c1-11-7-12(2)9-13(8-11)21-16(26)10-25-15-6-4-3-5-14(15)22-19(25)17-18(20)24-27-23-17/h3-9H,10H2,1-2H3,(H2,20,24)(H,21,26). The van der Waals surface area contributed by atoms with Gasteiger partial charge in [0.15, 0.2) is 17.3 Å². The van der Waals surface area contributed by atoms with Crippen molar-refractivity contribution in [3.63, 3.8) is 0 Å². The van der Waals surface area contributed by atoms with Crippen LogP contribution < -0.4 is 11.1 Å². The normalized spacial score (nSPS) is 11.0. The number of nitrogens with two attached hydrogens (primary N) is 1. The van der Waals surface area contributed by atoms with Crippen LogP contribution in [0.4, 0.5) is 11.5 Å². The molecule has 0 saturated carbocycles. The summed E-state index contributed by atoms with van der Waals surface area (Å²) in [5, 5.41) is 10.4. The number of para-hydroxylation sites is 2. The lowest BCUT2D eigenvalue weighted by Crippen LogP contribution is -2.19. The zero-order valence-electron chi connectivity index (χ0n) is 14.9. The zero-order chi connectivity index (χ0) is 19.0. The highest BCUT2D eigenvalue weighted by Gasteiger charge is 2.20. The van der Waals surface area contributed by atoms with Gasteiger partial charge in [-0.25, -0.2) is 9.61 Å². The van der Waals surface area contributed by atoms with Crippen LogP contribution in [0.1, 0.15) is 11.1 Å². The number of aromatic nitrogens is 4. The Hall–Kier alpha value is -3.68. The summed E-state index contributed by atoms with van der Waals surface area (Å²) in [6.45, 7) is 4.03. The maximum Gasteiger partial charge on any atom is 0.244 e. The van der Waals surface area contributed by atoms with Gasteiger partial charge in [-0.2, -0.15) is 0 Å². The minimum absolute atomic E-state index is 0.0507. The van der Waals surface area contributed by atoms with E-state index >= 15 is 0 Å². The predicted octanol–water partition coefficient (Wildman–Crippen LogP) is 2.92. The Kier molecular flexibility index (Phi) is 4.08. The molecular formula is C19H18N6O2. The highest BCUT2D eigenvalue weighted by molar-refractivity contribution is 5.93. The zero-order valence-corrected chi connectivity index (χ0v) is 14.9. The number of hydrogen-bond acceptors (Lipinski definition) is 6. The summed E-state index contributed by atoms with van der Waals surface area (Å²) in [6, 6.07) is 13.4. The summed E-state index contributed by atoms with van der Waals surface area (Å²) < 4.78 is 6.45. The van der Waals surface area contributed by atoms with E-state index in [-0.39, 0.29) is 18.3 Å². The first-order valence-corrected chi connectivity index (χ1v) is 8.43. The molecule has 2 aromatic heterocycles. The lowest BCUT2D eigenvalue weighted by atomic mass is 10.1. The maximum atomic E-state index is 12.7. The smallest absolute Gasteiger partial charge is 0.244 e. The molecule has 0 unspecified atom stereocenters. The number of benzene rings is 2. The molecule has 8 nitrogen and oxygen atoms in total. The van der Waals surface area contributed by atoms with Gasteiger partial charge in [0, 0.05) is 5.69 Å². The van der Waals surface area contributed by atoms with Gasteiger partial charge in [-0.05, 0) is 59.6 Å². The molecule has 0 saturated heterocycles. The van der Waals surface area contributed by atoms with Gasteiger partial charge in [0.25, 0.3) is 0 Å². The number of imidazole rings is 1. The van der Waals surface area contributed by atoms with Crippen molar-refractivity contribution in [1.29, 1.82) is 0 Å². The van der Waals surface area contributed by atoms with Crippen molar-refractivity contribution in [2.24, 2.45) is 0 Å². The van der Waals surface area contributed by atoms with E-state index in [1.54, 1.807) is 4.57 Å². The molecule has 0 spiro atoms. The van der Waals surface area contributed by atoms with Gasteiger partial charge in [-0.3, -0.25) is 4.79 Å². The third-order valence-corrected chi connectivity index (χ3v) is 4.19. The van der Waals surface area contributed by atoms with E-state index in [0.717, 1.165) is 27.8 Å². The third kappa shape index (κ3) is 3.24. The van der Waals surface area contributed by atoms with Crippen LogP contribution in [0.15, 0.2) is 47.1 Å². The summed E-state index contributed by atoms with van der Waals surface area (Å²) in [5.41, 5.74) is 10.6. The number of carbonyl (C=O) groups is 1. The Balaban J connectivity index is 1.70. The third-order valence-electron chi connectivity index (χ3n) is 4.19. The van der Waals surface area contributed by atoms with Crippen LogP contribution in [0.5, 0.6) is 0 Å². The Morgan fingerprint density at radius 1 is 1.15 bits per heavy atom. The summed E-state index contributed by atoms with van der Waals surface area (Å²) in [4.78, 5) is 17.2. The van der Waals surface area contributed by atoms with Crippen molar-refractivity contribution in [2.45, 2.75) is 20.4 Å². The van der Waals surface area contributed by atoms with Gasteiger partial charge >= 0.3 is 0 Å². The molecule has 0 aliphatic rings. The number of nitrogens with zero attached hydrogens (tertiary/aromatic N) is 4. The van der Waals surface area contributed by atoms with Crippen LogP contribution in [0.3, 0.4) is 0 Å². The van der Waals surface area contributed by atoms with E-state index in [2.05, 4.69) is 26.7 Å². The first kappa shape index (κ1) is 16.8. The van der Waals surface area contributed by atoms with Crippen molar-refractivity contribution >= 4 is 28.4 Å². The average molecular weight is 362 g/mol. The van der Waals surface area contributed by atoms with Gasteiger partial charge in [0.1, 0.15) is 6.54 Å². The van der Waals surface area contributed by atoms with Crippen molar-refractivity contribution in [2.75, 3.05) is 11.1 Å². The molecule has 2 heterocycles. The molecule has 8 heteroatoms. The van der Waals surface area contributed by atoms with Crippen LogP contribution in [-0.2, 0) is 11.3 Å². The fourth-order valence-corrected chi connectivity index (χ4v) is 3.16. The van der Waals surface area contributed by atoms with Gasteiger partial charge in [-0.15, -0.1) is 0 Å². The summed E-state index contributed by atoms with van der Waals surface area (Å²) in [7, 11) is 0. The monoisotopic (exact) mass is 362 g/mol. The number of anilines is 2. The SMILES string of the molecule is Cc1cc(C)cc(NC(=O)Cn2c(-c3nonc3N)nc3ccccc32)c1. The van der Waals surface area contributed by atoms with Crippen molar-refractivity contribution < 1.29 is 9.42 Å². The predicted molar refractivity (Wildman–Crippen MR) is 102 cm³/mol. The summed E-state index contributed by atoms with van der Waals surface area (Å²) in [6.07, 6.45) is 0. The highest BCUT2D eigenvalue weighted by atomic mass is 16.6. The van der Waals surface area contributed by atoms with Gasteiger partial charge in [-0.1, -0.05) is 18.2 Å². The Morgan fingerprint density at radius 2 is 1.89 bits per heavy atom. The van der Waals surface area contributed by atoms with Crippen molar-refractivity contribution in [3.8, 4) is 11.5 Å². The highest BCUT2D eigenvalue weighted by Crippen LogP contribution is 2.26. The minimum Gasteiger partial charge on any atom is -0.379 e. The second kappa shape index (κ2) is 6.56. The van der Waals surface area contributed by atoms with Gasteiger partial charge in [0.2, 0.25) is 5.91 Å². The largest absolute Gasteiger partial charge is 0.379 e. The number of carbonyl (C=O) groups excluding carboxylic acids is 1. The number of rotatable bonds is 4.